The molecule has 2 fully saturated rings. The van der Waals surface area contributed by atoms with Gasteiger partial charge in [0.05, 0.1) is 29.1 Å². The number of phenols is 1. The molecule has 3 aliphatic rings. The molecule has 0 saturated carbocycles. The predicted molar refractivity (Wildman–Crippen MR) is 191 cm³/mol. The average molecular weight is 731 g/mol. The number of carbonyl (C=O) groups excluding carboxylic acids is 1. The van der Waals surface area contributed by atoms with Crippen LogP contribution in [0.4, 0.5) is 13.2 Å². The van der Waals surface area contributed by atoms with Crippen LogP contribution < -0.4 is 10.1 Å². The smallest absolute Gasteiger partial charge is 0.317 e. The second kappa shape index (κ2) is 13.8. The minimum atomic E-state index is -0.993. The summed E-state index contributed by atoms with van der Waals surface area (Å²) in [6, 6.07) is 5.53. The molecule has 2 aromatic carbocycles. The van der Waals surface area contributed by atoms with Gasteiger partial charge in [-0.2, -0.15) is 15.1 Å². The van der Waals surface area contributed by atoms with Crippen LogP contribution in [-0.2, 0) is 19.5 Å². The fourth-order valence-electron chi connectivity index (χ4n) is 8.41. The van der Waals surface area contributed by atoms with Gasteiger partial charge in [-0.05, 0) is 73.3 Å². The Morgan fingerprint density at radius 2 is 2.02 bits per heavy atom. The first kappa shape index (κ1) is 35.2. The quantitative estimate of drug-likeness (QED) is 0.194. The van der Waals surface area contributed by atoms with Crippen molar-refractivity contribution >= 4 is 27.6 Å². The topological polar surface area (TPSA) is 142 Å². The minimum absolute atomic E-state index is 0.0590. The van der Waals surface area contributed by atoms with Crippen LogP contribution in [-0.4, -0.2) is 109 Å². The molecule has 0 radical (unpaired) electrons. The van der Waals surface area contributed by atoms with Gasteiger partial charge in [0.2, 0.25) is 0 Å². The number of alkyl halides is 1. The second-order valence-electron chi connectivity index (χ2n) is 14.2. The Balaban J connectivity index is 1.36. The third kappa shape index (κ3) is 6.04. The molecule has 1 amide bonds. The van der Waals surface area contributed by atoms with E-state index in [1.165, 1.54) is 35.4 Å². The fraction of sp³-hybridized carbons (Fsp3) is 0.447. The van der Waals surface area contributed by atoms with Crippen molar-refractivity contribution in [2.75, 3.05) is 46.4 Å². The molecule has 3 aromatic heterocycles. The molecule has 53 heavy (non-hydrogen) atoms. The summed E-state index contributed by atoms with van der Waals surface area (Å²) in [5.74, 6) is -1.94. The molecule has 278 valence electrons. The van der Waals surface area contributed by atoms with Gasteiger partial charge >= 0.3 is 6.01 Å². The first-order valence-electron chi connectivity index (χ1n) is 18.1. The van der Waals surface area contributed by atoms with Crippen LogP contribution in [0.25, 0.3) is 44.2 Å². The van der Waals surface area contributed by atoms with Gasteiger partial charge in [-0.15, -0.1) is 0 Å². The molecule has 3 N–H and O–H groups in total. The molecule has 0 spiro atoms. The summed E-state index contributed by atoms with van der Waals surface area (Å²) in [7, 11) is 1.56. The Morgan fingerprint density at radius 1 is 1.17 bits per heavy atom. The molecule has 8 rings (SSSR count). The van der Waals surface area contributed by atoms with Gasteiger partial charge in [-0.25, -0.2) is 13.2 Å². The van der Waals surface area contributed by atoms with Crippen molar-refractivity contribution in [3.8, 4) is 34.3 Å². The van der Waals surface area contributed by atoms with Crippen molar-refractivity contribution in [3.63, 3.8) is 0 Å². The summed E-state index contributed by atoms with van der Waals surface area (Å²) in [6.45, 7) is 4.30. The number of aliphatic hydroxyl groups is 1. The van der Waals surface area contributed by atoms with E-state index in [0.29, 0.717) is 66.6 Å². The van der Waals surface area contributed by atoms with E-state index in [4.69, 9.17) is 14.8 Å². The van der Waals surface area contributed by atoms with Gasteiger partial charge < -0.3 is 25.2 Å². The normalized spacial score (nSPS) is 20.2. The predicted octanol–water partition coefficient (Wildman–Crippen LogP) is 4.77. The Bertz CT molecular complexity index is 2250. The summed E-state index contributed by atoms with van der Waals surface area (Å²) in [4.78, 5) is 31.3. The number of hydrogen-bond acceptors (Lipinski definition) is 10. The third-order valence-electron chi connectivity index (χ3n) is 11.0. The van der Waals surface area contributed by atoms with Gasteiger partial charge in [-0.3, -0.25) is 19.4 Å². The first-order valence-corrected chi connectivity index (χ1v) is 18.1. The lowest BCUT2D eigenvalue weighted by atomic mass is 9.94. The largest absolute Gasteiger partial charge is 0.508 e. The Hall–Kier alpha value is -4.86. The maximum atomic E-state index is 17.3. The van der Waals surface area contributed by atoms with Gasteiger partial charge in [0.25, 0.3) is 5.91 Å². The number of amides is 1. The maximum Gasteiger partial charge on any atom is 0.317 e. The molecular weight excluding hydrogens is 689 g/mol. The monoisotopic (exact) mass is 730 g/mol. The Morgan fingerprint density at radius 3 is 2.83 bits per heavy atom. The average Bonchev–Trinajstić information content (AvgIpc) is 3.73. The lowest BCUT2D eigenvalue weighted by Gasteiger charge is -2.30. The number of aliphatic hydroxyl groups excluding tert-OH is 1. The second-order valence-corrected chi connectivity index (χ2v) is 14.2. The van der Waals surface area contributed by atoms with Crippen LogP contribution in [0.1, 0.15) is 54.4 Å². The molecule has 2 atom stereocenters. The summed E-state index contributed by atoms with van der Waals surface area (Å²) in [5, 5.41) is 29.5. The van der Waals surface area contributed by atoms with E-state index in [9.17, 15) is 19.4 Å². The lowest BCUT2D eigenvalue weighted by molar-refractivity contribution is 0.0761. The van der Waals surface area contributed by atoms with Crippen molar-refractivity contribution in [3.05, 3.63) is 59.0 Å². The number of ether oxygens (including phenoxy) is 1. The van der Waals surface area contributed by atoms with Crippen LogP contribution in [0.2, 0.25) is 0 Å². The number of halogens is 3. The number of rotatable bonds is 9. The maximum absolute atomic E-state index is 17.3. The Kier molecular flexibility index (Phi) is 9.19. The van der Waals surface area contributed by atoms with Gasteiger partial charge in [0.15, 0.2) is 11.5 Å². The molecule has 5 aromatic rings. The summed E-state index contributed by atoms with van der Waals surface area (Å²) < 4.78 is 55.2. The number of pyridine rings is 1. The summed E-state index contributed by atoms with van der Waals surface area (Å²) in [5.41, 5.74) is 0.887. The van der Waals surface area contributed by atoms with Crippen LogP contribution in [0.3, 0.4) is 0 Å². The van der Waals surface area contributed by atoms with Crippen molar-refractivity contribution < 1.29 is 32.9 Å². The number of nitrogens with one attached hydrogen (secondary N) is 1. The van der Waals surface area contributed by atoms with Crippen LogP contribution in [0.15, 0.2) is 30.5 Å². The highest BCUT2D eigenvalue weighted by Crippen LogP contribution is 2.42. The number of aryl methyl sites for hydroxylation is 2. The van der Waals surface area contributed by atoms with Crippen LogP contribution in [0.5, 0.6) is 11.8 Å². The zero-order valence-corrected chi connectivity index (χ0v) is 29.6. The van der Waals surface area contributed by atoms with Crippen molar-refractivity contribution in [2.24, 2.45) is 0 Å². The molecule has 6 heterocycles. The van der Waals surface area contributed by atoms with Gasteiger partial charge in [0.1, 0.15) is 35.6 Å². The highest BCUT2D eigenvalue weighted by molar-refractivity contribution is 6.05. The van der Waals surface area contributed by atoms with Crippen molar-refractivity contribution in [2.45, 2.75) is 63.8 Å². The standard InChI is InChI=1S/C38H41F3N8O4/c1-3-24-27(40)7-6-21-14-23(51)15-25(29(21)24)33-31(41)34-26(17-43-33)32(44-37(45-34)53-20-38-8-4-10-48(38)19-22(39)16-38)30-28-18-42-9-5-11-49(28)46-35(30)36(52)47(2)12-13-50/h6-7,14-15,17,22,42,50-51H,3-5,8-13,16,18-20H2,1-2H3/t22-,38+/m1/s1. The molecular formula is C38H41F3N8O4. The number of carbonyl (C=O) groups is 1. The lowest BCUT2D eigenvalue weighted by Crippen LogP contribution is -2.43. The SMILES string of the molecule is CCc1c(F)ccc2cc(O)cc(-c3ncc4c(-c5c(C(=O)N(C)CCO)nn6c5CNCCC6)nc(OC[C@@]56CCCN5C[C@H](F)C6)nc4c3F)c12. The summed E-state index contributed by atoms with van der Waals surface area (Å²) >= 11 is 0. The molecule has 12 nitrogen and oxygen atoms in total. The molecule has 0 aliphatic carbocycles. The highest BCUT2D eigenvalue weighted by Gasteiger charge is 2.49. The number of aromatic nitrogens is 5. The third-order valence-corrected chi connectivity index (χ3v) is 11.0. The van der Waals surface area contributed by atoms with E-state index in [1.807, 2.05) is 0 Å². The van der Waals surface area contributed by atoms with E-state index >= 15 is 8.78 Å². The van der Waals surface area contributed by atoms with Crippen LogP contribution in [0, 0.1) is 11.6 Å². The highest BCUT2D eigenvalue weighted by atomic mass is 19.1. The minimum Gasteiger partial charge on any atom is -0.508 e. The summed E-state index contributed by atoms with van der Waals surface area (Å²) in [6.07, 6.45) is 3.40. The van der Waals surface area contributed by atoms with E-state index in [1.54, 1.807) is 18.7 Å². The first-order chi connectivity index (χ1) is 25.6. The number of aromatic hydroxyl groups is 1. The van der Waals surface area contributed by atoms with E-state index in [-0.39, 0.29) is 65.1 Å². The molecule has 0 unspecified atom stereocenters. The molecule has 2 saturated heterocycles. The molecule has 0 bridgehead atoms. The zero-order chi connectivity index (χ0) is 37.0. The van der Waals surface area contributed by atoms with E-state index in [0.717, 1.165) is 25.8 Å². The number of fused-ring (bicyclic) bond motifs is 4. The van der Waals surface area contributed by atoms with Crippen molar-refractivity contribution in [1.29, 1.82) is 0 Å². The number of nitrogens with zero attached hydrogens (tertiary/aromatic N) is 7. The number of benzene rings is 2. The van der Waals surface area contributed by atoms with Gasteiger partial charge in [0, 0.05) is 56.8 Å². The number of likely N-dealkylation sites (N-methyl/N-ethyl adjacent to an activating group) is 1. The van der Waals surface area contributed by atoms with E-state index < -0.39 is 29.3 Å². The van der Waals surface area contributed by atoms with Crippen LogP contribution >= 0.6 is 0 Å². The van der Waals surface area contributed by atoms with Gasteiger partial charge in [-0.1, -0.05) is 13.0 Å². The number of hydrogen-bond donors (Lipinski definition) is 3. The van der Waals surface area contributed by atoms with E-state index in [2.05, 4.69) is 20.2 Å². The fourth-order valence-corrected chi connectivity index (χ4v) is 8.41. The Labute approximate surface area is 303 Å². The molecule has 3 aliphatic heterocycles. The number of phenolic OH excluding ortho intramolecular Hbond substituents is 1. The van der Waals surface area contributed by atoms with Crippen molar-refractivity contribution in [1.82, 2.24) is 39.8 Å². The zero-order valence-electron chi connectivity index (χ0n) is 29.6. The molecule has 15 heteroatoms.